The summed E-state index contributed by atoms with van der Waals surface area (Å²) in [5.41, 5.74) is 11.4. The number of carbonyl (C=O) groups excluding carboxylic acids is 12. The van der Waals surface area contributed by atoms with Crippen LogP contribution in [0.1, 0.15) is 200 Å². The number of nitrogens with one attached hydrogen (secondary N) is 7. The number of esters is 5. The first-order valence-electron chi connectivity index (χ1n) is 31.4. The van der Waals surface area contributed by atoms with E-state index >= 15 is 0 Å². The smallest absolute Gasteiger partial charge is 0.407 e. The quantitative estimate of drug-likeness (QED) is 0.0261. The fourth-order valence-corrected chi connectivity index (χ4v) is 6.82. The maximum Gasteiger partial charge on any atom is 0.407 e. The predicted octanol–water partition coefficient (Wildman–Crippen LogP) is 2.23. The van der Waals surface area contributed by atoms with E-state index in [0.29, 0.717) is 77.4 Å². The minimum absolute atomic E-state index is 0.213. The molecule has 34 heteroatoms. The van der Waals surface area contributed by atoms with Gasteiger partial charge in [0.15, 0.2) is 0 Å². The monoisotopic (exact) mass is 1390 g/mol. The first-order chi connectivity index (χ1) is 44.3. The first kappa shape index (κ1) is 101. The van der Waals surface area contributed by atoms with Gasteiger partial charge in [-0.2, -0.15) is 0 Å². The van der Waals surface area contributed by atoms with Crippen LogP contribution < -0.4 is 54.4 Å². The van der Waals surface area contributed by atoms with E-state index in [9.17, 15) is 57.5 Å². The highest BCUT2D eigenvalue weighted by molar-refractivity contribution is 5.85. The van der Waals surface area contributed by atoms with Crippen molar-refractivity contribution in [2.24, 2.45) is 5.73 Å². The van der Waals surface area contributed by atoms with E-state index in [1.807, 2.05) is 20.8 Å². The Morgan fingerprint density at radius 2 is 0.531 bits per heavy atom. The Bertz CT molecular complexity index is 2110. The van der Waals surface area contributed by atoms with Gasteiger partial charge in [-0.15, -0.1) is 0 Å². The van der Waals surface area contributed by atoms with Crippen LogP contribution in [0.3, 0.4) is 0 Å². The molecule has 562 valence electrons. The average Bonchev–Trinajstić information content (AvgIpc) is 3.04. The molecule has 0 bridgehead atoms. The molecule has 0 saturated heterocycles. The average molecular weight is 1390 g/mol. The molecule has 0 aliphatic rings. The standard InChI is InChI=1S/2C14H26N2O5.C12H24N2O4.2C9H18N2O3.2C2H4O2/c2*1-10(17)16-11(12(18)20-5)8-6-7-9-15-13(19)21-14(2,3)4;1-12(2,3)18-11(16)14-8-6-5-7-9(13)10(15)17-4;2*1-7(12)11-8(9(13)14-2)5-3-4-6-10;2*1-2(3)4/h2*11H,6-9H2,1-5H3,(H,15,19)(H,16,17);9H,5-8,13H2,1-4H3,(H,14,16);2*8H,3-6,10H2,1-2H3,(H,11,12);2*1H3,(H,3,4)/p+2. The summed E-state index contributed by atoms with van der Waals surface area (Å²) >= 11 is 0. The number of methoxy groups -OCH3 is 5. The van der Waals surface area contributed by atoms with Crippen molar-refractivity contribution in [3.05, 3.63) is 0 Å². The lowest BCUT2D eigenvalue weighted by Crippen LogP contribution is -2.50. The second-order valence-corrected chi connectivity index (χ2v) is 23.7. The van der Waals surface area contributed by atoms with Crippen LogP contribution in [0.5, 0.6) is 0 Å². The highest BCUT2D eigenvalue weighted by atomic mass is 16.6. The number of quaternary nitrogens is 2. The molecule has 7 amide bonds. The third-order valence-electron chi connectivity index (χ3n) is 10.7. The summed E-state index contributed by atoms with van der Waals surface area (Å²) in [5, 5.41) is 32.9. The highest BCUT2D eigenvalue weighted by Crippen LogP contribution is 2.11. The third-order valence-corrected chi connectivity index (χ3v) is 10.7. The first-order valence-corrected chi connectivity index (χ1v) is 31.4. The summed E-state index contributed by atoms with van der Waals surface area (Å²) in [6, 6.07) is -2.90. The zero-order chi connectivity index (χ0) is 76.2. The number of ether oxygens (including phenoxy) is 8. The van der Waals surface area contributed by atoms with Crippen LogP contribution in [0.4, 0.5) is 14.4 Å². The lowest BCUT2D eigenvalue weighted by Gasteiger charge is -2.19. The van der Waals surface area contributed by atoms with E-state index in [4.69, 9.17) is 39.7 Å². The Labute approximate surface area is 567 Å². The molecule has 0 rings (SSSR count). The van der Waals surface area contributed by atoms with Gasteiger partial charge in [-0.05, 0) is 159 Å². The topological polar surface area (TPSA) is 519 Å². The van der Waals surface area contributed by atoms with Gasteiger partial charge in [0.25, 0.3) is 11.9 Å². The molecule has 0 radical (unpaired) electrons. The van der Waals surface area contributed by atoms with Gasteiger partial charge in [-0.1, -0.05) is 0 Å². The molecule has 0 aromatic carbocycles. The predicted molar refractivity (Wildman–Crippen MR) is 353 cm³/mol. The van der Waals surface area contributed by atoms with Crippen LogP contribution in [-0.2, 0) is 90.6 Å². The molecule has 34 nitrogen and oxygen atoms in total. The molecule has 5 atom stereocenters. The third kappa shape index (κ3) is 82.0. The molecule has 0 aliphatic carbocycles. The molecule has 0 aromatic rings. The molecule has 0 aliphatic heterocycles. The summed E-state index contributed by atoms with van der Waals surface area (Å²) < 4.78 is 38.2. The van der Waals surface area contributed by atoms with Gasteiger partial charge in [0.1, 0.15) is 47.0 Å². The fourth-order valence-electron chi connectivity index (χ4n) is 6.82. The number of unbranched alkanes of at least 4 members (excludes halogenated alkanes) is 5. The molecular formula is C62H122N10O24+2. The number of rotatable bonds is 32. The zero-order valence-corrected chi connectivity index (χ0v) is 60.9. The van der Waals surface area contributed by atoms with Gasteiger partial charge in [-0.25, -0.2) is 33.6 Å². The fraction of sp³-hybridized carbons (Fsp3) is 0.774. The summed E-state index contributed by atoms with van der Waals surface area (Å²) in [5.74, 6) is -4.76. The van der Waals surface area contributed by atoms with Gasteiger partial charge >= 0.3 is 48.1 Å². The van der Waals surface area contributed by atoms with Gasteiger partial charge in [0, 0.05) is 61.2 Å². The SMILES string of the molecule is CC(=O)O.CC(=O)O.COC(=O)C(CCCCNC(=O)OC(C)(C)C)NC(C)=O.COC(=O)C(CCCCNC(=O)OC(C)(C)C)NC(C)=O.COC(=O)C(CCCC[NH3+])NC(C)=O.COC(=O)C(CCCC[NH3+])NC(C)=O.COC(=O)C(N)CCCCNC(=O)OC(C)(C)C. The van der Waals surface area contributed by atoms with E-state index in [-0.39, 0.29) is 35.6 Å². The number of aliphatic carboxylic acids is 2. The Balaban J connectivity index is -0.000000202. The number of hydrogen-bond acceptors (Lipinski definition) is 23. The number of alkyl carbamates (subject to hydrolysis) is 3. The van der Waals surface area contributed by atoms with Crippen LogP contribution >= 0.6 is 0 Å². The van der Waals surface area contributed by atoms with Crippen molar-refractivity contribution in [3.8, 4) is 0 Å². The van der Waals surface area contributed by atoms with Crippen molar-refractivity contribution in [1.82, 2.24) is 37.2 Å². The normalized spacial score (nSPS) is 11.7. The maximum atomic E-state index is 11.4. The summed E-state index contributed by atoms with van der Waals surface area (Å²) in [6.07, 6.45) is 9.12. The summed E-state index contributed by atoms with van der Waals surface area (Å²) in [4.78, 5) is 152. The van der Waals surface area contributed by atoms with Gasteiger partial charge in [0.2, 0.25) is 23.6 Å². The molecule has 5 unspecified atom stereocenters. The maximum absolute atomic E-state index is 11.4. The molecule has 0 aromatic heterocycles. The molecule has 0 spiro atoms. The van der Waals surface area contributed by atoms with Gasteiger partial charge in [0.05, 0.1) is 48.6 Å². The van der Waals surface area contributed by atoms with Crippen molar-refractivity contribution in [2.45, 2.75) is 247 Å². The minimum Gasteiger partial charge on any atom is -0.481 e. The number of carboxylic acid groups (broad SMARTS) is 2. The Morgan fingerprint density at radius 3 is 0.698 bits per heavy atom. The van der Waals surface area contributed by atoms with E-state index < -0.39 is 95.1 Å². The number of amides is 7. The van der Waals surface area contributed by atoms with Gasteiger partial charge < -0.3 is 103 Å². The van der Waals surface area contributed by atoms with E-state index in [2.05, 4.69) is 72.4 Å². The van der Waals surface area contributed by atoms with Crippen LogP contribution in [0.25, 0.3) is 0 Å². The number of carboxylic acids is 2. The number of nitrogens with two attached hydrogens (primary N) is 1. The van der Waals surface area contributed by atoms with E-state index in [1.165, 1.54) is 63.2 Å². The summed E-state index contributed by atoms with van der Waals surface area (Å²) in [6.45, 7) is 26.9. The van der Waals surface area contributed by atoms with Gasteiger partial charge in [-0.3, -0.25) is 33.6 Å². The second kappa shape index (κ2) is 61.7. The van der Waals surface area contributed by atoms with Crippen LogP contribution in [0.15, 0.2) is 0 Å². The second-order valence-electron chi connectivity index (χ2n) is 23.7. The molecular weight excluding hydrogens is 1270 g/mol. The van der Waals surface area contributed by atoms with Crippen molar-refractivity contribution < 1.29 is 127 Å². The Morgan fingerprint density at radius 1 is 0.344 bits per heavy atom. The highest BCUT2D eigenvalue weighted by Gasteiger charge is 2.24. The molecule has 96 heavy (non-hydrogen) atoms. The Kier molecular flexibility index (Phi) is 65.2. The number of hydrogen-bond donors (Lipinski definition) is 12. The minimum atomic E-state index is -0.833. The number of carbonyl (C=O) groups is 14. The largest absolute Gasteiger partial charge is 0.481 e. The van der Waals surface area contributed by atoms with E-state index in [0.717, 1.165) is 65.5 Å². The molecule has 0 fully saturated rings. The lowest BCUT2D eigenvalue weighted by atomic mass is 10.1. The Hall–Kier alpha value is -8.14. The molecule has 0 heterocycles. The van der Waals surface area contributed by atoms with Crippen LogP contribution in [0, 0.1) is 0 Å². The molecule has 17 N–H and O–H groups in total. The van der Waals surface area contributed by atoms with E-state index in [1.54, 1.807) is 41.5 Å². The van der Waals surface area contributed by atoms with Crippen LogP contribution in [-0.4, -0.2) is 209 Å². The van der Waals surface area contributed by atoms with Crippen molar-refractivity contribution in [3.63, 3.8) is 0 Å². The summed E-state index contributed by atoms with van der Waals surface area (Å²) in [7, 11) is 6.51. The van der Waals surface area contributed by atoms with Crippen molar-refractivity contribution in [1.29, 1.82) is 0 Å². The van der Waals surface area contributed by atoms with Crippen molar-refractivity contribution >= 4 is 83.7 Å². The lowest BCUT2D eigenvalue weighted by molar-refractivity contribution is -0.368. The molecule has 0 saturated carbocycles. The zero-order valence-electron chi connectivity index (χ0n) is 60.9. The van der Waals surface area contributed by atoms with Crippen molar-refractivity contribution in [2.75, 3.05) is 68.3 Å². The van der Waals surface area contributed by atoms with Crippen LogP contribution in [0.2, 0.25) is 0 Å².